The number of carbonyl (C=O) groups is 2. The molecule has 0 aromatic heterocycles. The summed E-state index contributed by atoms with van der Waals surface area (Å²) in [5.74, 6) is -0.897. The van der Waals surface area contributed by atoms with Crippen LogP contribution in [0.5, 0.6) is 0 Å². The third-order valence-corrected chi connectivity index (χ3v) is 9.19. The van der Waals surface area contributed by atoms with Crippen LogP contribution < -0.4 is 9.62 Å². The molecule has 0 saturated heterocycles. The van der Waals surface area contributed by atoms with Crippen molar-refractivity contribution in [3.8, 4) is 0 Å². The lowest BCUT2D eigenvalue weighted by Gasteiger charge is -2.34. The Labute approximate surface area is 269 Å². The number of benzene rings is 4. The van der Waals surface area contributed by atoms with Gasteiger partial charge in [-0.2, -0.15) is 0 Å². The molecule has 0 heterocycles. The van der Waals surface area contributed by atoms with Crippen molar-refractivity contribution in [3.05, 3.63) is 130 Å². The molecule has 0 bridgehead atoms. The zero-order valence-electron chi connectivity index (χ0n) is 24.8. The van der Waals surface area contributed by atoms with Crippen molar-refractivity contribution >= 4 is 50.7 Å². The third-order valence-electron chi connectivity index (χ3n) is 6.91. The van der Waals surface area contributed by atoms with Crippen molar-refractivity contribution in [2.75, 3.05) is 10.8 Å². The predicted molar refractivity (Wildman–Crippen MR) is 176 cm³/mol. The van der Waals surface area contributed by atoms with E-state index in [2.05, 4.69) is 5.32 Å². The summed E-state index contributed by atoms with van der Waals surface area (Å²) in [7, 11) is -4.21. The Kier molecular flexibility index (Phi) is 11.1. The summed E-state index contributed by atoms with van der Waals surface area (Å²) in [5.41, 5.74) is 2.69. The number of nitrogens with one attached hydrogen (secondary N) is 1. The van der Waals surface area contributed by atoms with Gasteiger partial charge in [0.2, 0.25) is 11.8 Å². The number of hydrogen-bond acceptors (Lipinski definition) is 4. The SMILES string of the molecule is Cc1cccc(N(CC(=O)N(Cc2cccc(Cl)c2)C(Cc2ccccc2)C(=O)NC(C)C)S(=O)(=O)c2ccc(Cl)cc2)c1. The summed E-state index contributed by atoms with van der Waals surface area (Å²) in [6, 6.07) is 28.0. The van der Waals surface area contributed by atoms with Crippen molar-refractivity contribution < 1.29 is 18.0 Å². The van der Waals surface area contributed by atoms with Gasteiger partial charge in [0, 0.05) is 29.1 Å². The largest absolute Gasteiger partial charge is 0.352 e. The first-order chi connectivity index (χ1) is 20.9. The number of sulfonamides is 1. The summed E-state index contributed by atoms with van der Waals surface area (Å²) in [5, 5.41) is 3.81. The maximum absolute atomic E-state index is 14.4. The number of halogens is 2. The maximum Gasteiger partial charge on any atom is 0.264 e. The van der Waals surface area contributed by atoms with Crippen LogP contribution in [0.2, 0.25) is 10.0 Å². The normalized spacial score (nSPS) is 12.0. The average Bonchev–Trinajstić information content (AvgIpc) is 2.98. The molecule has 10 heteroatoms. The smallest absolute Gasteiger partial charge is 0.264 e. The average molecular weight is 653 g/mol. The lowest BCUT2D eigenvalue weighted by Crippen LogP contribution is -2.54. The quantitative estimate of drug-likeness (QED) is 0.186. The second kappa shape index (κ2) is 14.8. The number of amides is 2. The van der Waals surface area contributed by atoms with Crippen LogP contribution in [0.3, 0.4) is 0 Å². The Morgan fingerprint density at radius 3 is 2.09 bits per heavy atom. The molecule has 4 aromatic rings. The fourth-order valence-corrected chi connectivity index (χ4v) is 6.56. The van der Waals surface area contributed by atoms with E-state index in [1.807, 2.05) is 63.2 Å². The monoisotopic (exact) mass is 651 g/mol. The number of aryl methyl sites for hydroxylation is 1. The molecule has 4 rings (SSSR count). The summed E-state index contributed by atoms with van der Waals surface area (Å²) in [6.45, 7) is 5.02. The number of rotatable bonds is 12. The van der Waals surface area contributed by atoms with Gasteiger partial charge in [-0.25, -0.2) is 8.42 Å². The van der Waals surface area contributed by atoms with Crippen molar-refractivity contribution in [2.24, 2.45) is 0 Å². The van der Waals surface area contributed by atoms with Crippen molar-refractivity contribution in [1.82, 2.24) is 10.2 Å². The second-order valence-corrected chi connectivity index (χ2v) is 13.6. The Balaban J connectivity index is 1.81. The van der Waals surface area contributed by atoms with Crippen LogP contribution in [0, 0.1) is 6.92 Å². The van der Waals surface area contributed by atoms with E-state index in [4.69, 9.17) is 23.2 Å². The highest BCUT2D eigenvalue weighted by Gasteiger charge is 2.35. The van der Waals surface area contributed by atoms with Gasteiger partial charge in [-0.1, -0.05) is 77.8 Å². The zero-order chi connectivity index (χ0) is 31.9. The fraction of sp³-hybridized carbons (Fsp3) is 0.235. The lowest BCUT2D eigenvalue weighted by atomic mass is 10.0. The number of anilines is 1. The number of nitrogens with zero attached hydrogens (tertiary/aromatic N) is 2. The van der Waals surface area contributed by atoms with Crippen LogP contribution in [-0.4, -0.2) is 43.8 Å². The summed E-state index contributed by atoms with van der Waals surface area (Å²) < 4.78 is 29.2. The Hall–Kier alpha value is -3.85. The van der Waals surface area contributed by atoms with Crippen molar-refractivity contribution in [3.63, 3.8) is 0 Å². The molecule has 0 fully saturated rings. The van der Waals surface area contributed by atoms with Gasteiger partial charge >= 0.3 is 0 Å². The van der Waals surface area contributed by atoms with E-state index in [9.17, 15) is 18.0 Å². The molecule has 230 valence electrons. The molecule has 1 atom stereocenters. The molecular formula is C34H35Cl2N3O4S. The van der Waals surface area contributed by atoms with Gasteiger partial charge in [-0.05, 0) is 86.0 Å². The molecule has 1 N–H and O–H groups in total. The third kappa shape index (κ3) is 8.62. The number of carbonyl (C=O) groups excluding carboxylic acids is 2. The first-order valence-corrected chi connectivity index (χ1v) is 16.4. The van der Waals surface area contributed by atoms with Crippen LogP contribution in [0.4, 0.5) is 5.69 Å². The minimum Gasteiger partial charge on any atom is -0.352 e. The molecule has 44 heavy (non-hydrogen) atoms. The van der Waals surface area contributed by atoms with Gasteiger partial charge in [0.25, 0.3) is 10.0 Å². The van der Waals surface area contributed by atoms with Crippen molar-refractivity contribution in [1.29, 1.82) is 0 Å². The highest BCUT2D eigenvalue weighted by Crippen LogP contribution is 2.27. The molecule has 0 aliphatic carbocycles. The fourth-order valence-electron chi connectivity index (χ4n) is 4.81. The highest BCUT2D eigenvalue weighted by molar-refractivity contribution is 7.92. The molecular weight excluding hydrogens is 617 g/mol. The predicted octanol–water partition coefficient (Wildman–Crippen LogP) is 6.66. The maximum atomic E-state index is 14.4. The number of hydrogen-bond donors (Lipinski definition) is 1. The van der Waals surface area contributed by atoms with E-state index >= 15 is 0 Å². The first kappa shape index (κ1) is 33.1. The molecule has 0 aliphatic heterocycles. The molecule has 7 nitrogen and oxygen atoms in total. The van der Waals surface area contributed by atoms with Crippen molar-refractivity contribution in [2.45, 2.75) is 50.7 Å². The van der Waals surface area contributed by atoms with Crippen LogP contribution in [-0.2, 0) is 32.6 Å². The van der Waals surface area contributed by atoms with Crippen LogP contribution >= 0.6 is 23.2 Å². The molecule has 1 unspecified atom stereocenters. The Morgan fingerprint density at radius 2 is 1.45 bits per heavy atom. The lowest BCUT2D eigenvalue weighted by molar-refractivity contribution is -0.140. The minimum atomic E-state index is -4.21. The standard InChI is InChI=1S/C34H35Cl2N3O4S/c1-24(2)37-34(41)32(21-26-10-5-4-6-11-26)38(22-27-12-8-13-29(36)20-27)33(40)23-39(30-14-7-9-25(3)19-30)44(42,43)31-17-15-28(35)16-18-31/h4-20,24,32H,21-23H2,1-3H3,(H,37,41). The molecule has 4 aromatic carbocycles. The minimum absolute atomic E-state index is 0.0176. The Bertz CT molecular complexity index is 1700. The first-order valence-electron chi connectivity index (χ1n) is 14.2. The van der Waals surface area contributed by atoms with E-state index in [1.54, 1.807) is 36.4 Å². The van der Waals surface area contributed by atoms with Gasteiger partial charge in [-0.15, -0.1) is 0 Å². The van der Waals surface area contributed by atoms with E-state index in [0.717, 1.165) is 15.4 Å². The molecule has 0 aliphatic rings. The zero-order valence-corrected chi connectivity index (χ0v) is 27.1. The highest BCUT2D eigenvalue weighted by atomic mass is 35.5. The second-order valence-electron chi connectivity index (χ2n) is 10.8. The van der Waals surface area contributed by atoms with Gasteiger partial charge in [0.05, 0.1) is 10.6 Å². The summed E-state index contributed by atoms with van der Waals surface area (Å²) in [4.78, 5) is 29.6. The molecule has 0 radical (unpaired) electrons. The topological polar surface area (TPSA) is 86.8 Å². The van der Waals surface area contributed by atoms with E-state index in [-0.39, 0.29) is 29.8 Å². The van der Waals surface area contributed by atoms with E-state index in [0.29, 0.717) is 21.3 Å². The van der Waals surface area contributed by atoms with Gasteiger partial charge in [0.1, 0.15) is 12.6 Å². The van der Waals surface area contributed by atoms with Crippen LogP contribution in [0.15, 0.2) is 108 Å². The van der Waals surface area contributed by atoms with Gasteiger partial charge in [0.15, 0.2) is 0 Å². The molecule has 0 spiro atoms. The van der Waals surface area contributed by atoms with Gasteiger partial charge < -0.3 is 10.2 Å². The van der Waals surface area contributed by atoms with Crippen LogP contribution in [0.1, 0.15) is 30.5 Å². The van der Waals surface area contributed by atoms with E-state index in [1.165, 1.54) is 29.2 Å². The van der Waals surface area contributed by atoms with E-state index < -0.39 is 28.5 Å². The van der Waals surface area contributed by atoms with Gasteiger partial charge in [-0.3, -0.25) is 13.9 Å². The molecule has 2 amide bonds. The molecule has 0 saturated carbocycles. The Morgan fingerprint density at radius 1 is 0.795 bits per heavy atom. The summed E-state index contributed by atoms with van der Waals surface area (Å²) in [6.07, 6.45) is 0.222. The van der Waals surface area contributed by atoms with Crippen LogP contribution in [0.25, 0.3) is 0 Å². The summed E-state index contributed by atoms with van der Waals surface area (Å²) >= 11 is 12.3.